The van der Waals surface area contributed by atoms with Crippen molar-refractivity contribution in [2.45, 2.75) is 52.1 Å². The lowest BCUT2D eigenvalue weighted by molar-refractivity contribution is -0.126. The second-order valence-electron chi connectivity index (χ2n) is 6.22. The van der Waals surface area contributed by atoms with Gasteiger partial charge in [0.2, 0.25) is 5.91 Å². The molecule has 0 aromatic heterocycles. The minimum absolute atomic E-state index is 0.0577. The Balaban J connectivity index is 1.83. The number of amides is 1. The maximum atomic E-state index is 12.2. The molecule has 3 atom stereocenters. The molecule has 1 aromatic rings. The van der Waals surface area contributed by atoms with E-state index in [0.717, 1.165) is 24.0 Å². The number of carbonyl (C=O) groups is 1. The summed E-state index contributed by atoms with van der Waals surface area (Å²) >= 11 is 0. The first-order chi connectivity index (χ1) is 9.56. The van der Waals surface area contributed by atoms with Gasteiger partial charge >= 0.3 is 0 Å². The standard InChI is InChI=1S/C17H26N2O/c1-12-4-3-5-16(10-12)17(20)19-11-14-6-8-15(9-7-14)13(2)18/h6-9,12-13,16H,3-5,10-11,18H2,1-2H3,(H,19,20)/t12-,13?,16+/m1/s1. The molecule has 0 radical (unpaired) electrons. The van der Waals surface area contributed by atoms with Gasteiger partial charge < -0.3 is 11.1 Å². The van der Waals surface area contributed by atoms with Crippen LogP contribution in [0.1, 0.15) is 56.7 Å². The lowest BCUT2D eigenvalue weighted by Crippen LogP contribution is -2.33. The molecule has 3 heteroatoms. The van der Waals surface area contributed by atoms with E-state index in [0.29, 0.717) is 12.5 Å². The van der Waals surface area contributed by atoms with Crippen LogP contribution in [0, 0.1) is 11.8 Å². The topological polar surface area (TPSA) is 55.1 Å². The molecule has 0 spiro atoms. The van der Waals surface area contributed by atoms with Crippen LogP contribution in [-0.2, 0) is 11.3 Å². The molecule has 1 unspecified atom stereocenters. The number of rotatable bonds is 4. The van der Waals surface area contributed by atoms with E-state index in [-0.39, 0.29) is 17.9 Å². The fourth-order valence-corrected chi connectivity index (χ4v) is 2.94. The second kappa shape index (κ2) is 6.89. The highest BCUT2D eigenvalue weighted by Crippen LogP contribution is 2.28. The van der Waals surface area contributed by atoms with Crippen LogP contribution in [0.2, 0.25) is 0 Å². The van der Waals surface area contributed by atoms with E-state index < -0.39 is 0 Å². The van der Waals surface area contributed by atoms with Gasteiger partial charge in [-0.2, -0.15) is 0 Å². The molecule has 3 nitrogen and oxygen atoms in total. The van der Waals surface area contributed by atoms with Gasteiger partial charge in [0, 0.05) is 18.5 Å². The van der Waals surface area contributed by atoms with E-state index in [4.69, 9.17) is 5.73 Å². The summed E-state index contributed by atoms with van der Waals surface area (Å²) in [4.78, 5) is 12.2. The van der Waals surface area contributed by atoms with Crippen molar-refractivity contribution < 1.29 is 4.79 Å². The quantitative estimate of drug-likeness (QED) is 0.886. The molecule has 20 heavy (non-hydrogen) atoms. The molecule has 110 valence electrons. The summed E-state index contributed by atoms with van der Waals surface area (Å²) in [5, 5.41) is 3.07. The third kappa shape index (κ3) is 4.07. The number of hydrogen-bond acceptors (Lipinski definition) is 2. The molecule has 1 aliphatic rings. The zero-order valence-corrected chi connectivity index (χ0v) is 12.6. The molecule has 0 saturated heterocycles. The Morgan fingerprint density at radius 2 is 2.05 bits per heavy atom. The molecule has 0 heterocycles. The first-order valence-electron chi connectivity index (χ1n) is 7.68. The van der Waals surface area contributed by atoms with Gasteiger partial charge in [0.15, 0.2) is 0 Å². The Kier molecular flexibility index (Phi) is 5.18. The molecular formula is C17H26N2O. The van der Waals surface area contributed by atoms with Crippen molar-refractivity contribution in [3.8, 4) is 0 Å². The normalized spacial score (nSPS) is 24.1. The first-order valence-corrected chi connectivity index (χ1v) is 7.68. The van der Waals surface area contributed by atoms with Gasteiger partial charge in [-0.1, -0.05) is 44.0 Å². The van der Waals surface area contributed by atoms with Crippen molar-refractivity contribution in [2.75, 3.05) is 0 Å². The van der Waals surface area contributed by atoms with Crippen LogP contribution in [0.15, 0.2) is 24.3 Å². The molecule has 1 amide bonds. The SMILES string of the molecule is CC(N)c1ccc(CNC(=O)[C@H]2CCC[C@@H](C)C2)cc1. The van der Waals surface area contributed by atoms with Crippen molar-refractivity contribution in [3.05, 3.63) is 35.4 Å². The van der Waals surface area contributed by atoms with Crippen LogP contribution < -0.4 is 11.1 Å². The van der Waals surface area contributed by atoms with E-state index in [2.05, 4.69) is 12.2 Å². The molecule has 3 N–H and O–H groups in total. The molecule has 1 saturated carbocycles. The largest absolute Gasteiger partial charge is 0.352 e. The molecule has 0 bridgehead atoms. The maximum absolute atomic E-state index is 12.2. The van der Waals surface area contributed by atoms with Gasteiger partial charge in [-0.15, -0.1) is 0 Å². The maximum Gasteiger partial charge on any atom is 0.223 e. The highest BCUT2D eigenvalue weighted by Gasteiger charge is 2.24. The summed E-state index contributed by atoms with van der Waals surface area (Å²) in [6.07, 6.45) is 4.53. The van der Waals surface area contributed by atoms with Crippen molar-refractivity contribution in [1.29, 1.82) is 0 Å². The third-order valence-corrected chi connectivity index (χ3v) is 4.28. The molecule has 2 rings (SSSR count). The fourth-order valence-electron chi connectivity index (χ4n) is 2.94. The van der Waals surface area contributed by atoms with Crippen LogP contribution in [-0.4, -0.2) is 5.91 Å². The minimum Gasteiger partial charge on any atom is -0.352 e. The van der Waals surface area contributed by atoms with E-state index in [1.54, 1.807) is 0 Å². The van der Waals surface area contributed by atoms with Crippen LogP contribution in [0.3, 0.4) is 0 Å². The van der Waals surface area contributed by atoms with Crippen LogP contribution in [0.25, 0.3) is 0 Å². The molecule has 1 aromatic carbocycles. The van der Waals surface area contributed by atoms with E-state index in [1.807, 2.05) is 31.2 Å². The number of nitrogens with one attached hydrogen (secondary N) is 1. The lowest BCUT2D eigenvalue weighted by atomic mass is 9.82. The van der Waals surface area contributed by atoms with E-state index in [9.17, 15) is 4.79 Å². The summed E-state index contributed by atoms with van der Waals surface area (Å²) in [7, 11) is 0. The zero-order valence-electron chi connectivity index (χ0n) is 12.6. The molecule has 1 fully saturated rings. The van der Waals surface area contributed by atoms with Crippen LogP contribution in [0.4, 0.5) is 0 Å². The highest BCUT2D eigenvalue weighted by atomic mass is 16.1. The number of nitrogens with two attached hydrogens (primary N) is 1. The predicted molar refractivity (Wildman–Crippen MR) is 82.0 cm³/mol. The van der Waals surface area contributed by atoms with Crippen molar-refractivity contribution in [2.24, 2.45) is 17.6 Å². The third-order valence-electron chi connectivity index (χ3n) is 4.28. The summed E-state index contributed by atoms with van der Waals surface area (Å²) in [6.45, 7) is 4.83. The Labute approximate surface area is 121 Å². The number of hydrogen-bond donors (Lipinski definition) is 2. The minimum atomic E-state index is 0.0577. The lowest BCUT2D eigenvalue weighted by Gasteiger charge is -2.25. The van der Waals surface area contributed by atoms with Crippen molar-refractivity contribution in [3.63, 3.8) is 0 Å². The monoisotopic (exact) mass is 274 g/mol. The highest BCUT2D eigenvalue weighted by molar-refractivity contribution is 5.78. The summed E-state index contributed by atoms with van der Waals surface area (Å²) in [5.74, 6) is 1.11. The average Bonchev–Trinajstić information content (AvgIpc) is 2.45. The van der Waals surface area contributed by atoms with Gasteiger partial charge in [-0.05, 0) is 36.8 Å². The van der Waals surface area contributed by atoms with Gasteiger partial charge in [-0.25, -0.2) is 0 Å². The van der Waals surface area contributed by atoms with E-state index >= 15 is 0 Å². The Morgan fingerprint density at radius 1 is 1.35 bits per heavy atom. The number of carbonyl (C=O) groups excluding carboxylic acids is 1. The smallest absolute Gasteiger partial charge is 0.223 e. The van der Waals surface area contributed by atoms with Crippen LogP contribution >= 0.6 is 0 Å². The summed E-state index contributed by atoms with van der Waals surface area (Å²) in [5.41, 5.74) is 8.08. The average molecular weight is 274 g/mol. The molecular weight excluding hydrogens is 248 g/mol. The predicted octanol–water partition coefficient (Wildman–Crippen LogP) is 3.15. The van der Waals surface area contributed by atoms with Gasteiger partial charge in [0.1, 0.15) is 0 Å². The van der Waals surface area contributed by atoms with Crippen molar-refractivity contribution >= 4 is 5.91 Å². The van der Waals surface area contributed by atoms with Crippen molar-refractivity contribution in [1.82, 2.24) is 5.32 Å². The Morgan fingerprint density at radius 3 is 2.65 bits per heavy atom. The fraction of sp³-hybridized carbons (Fsp3) is 0.588. The second-order valence-corrected chi connectivity index (χ2v) is 6.22. The van der Waals surface area contributed by atoms with Gasteiger partial charge in [0.05, 0.1) is 0 Å². The first kappa shape index (κ1) is 15.0. The Bertz CT molecular complexity index is 439. The van der Waals surface area contributed by atoms with Gasteiger partial charge in [0.25, 0.3) is 0 Å². The Hall–Kier alpha value is -1.35. The van der Waals surface area contributed by atoms with E-state index in [1.165, 1.54) is 12.8 Å². The van der Waals surface area contributed by atoms with Crippen LogP contribution in [0.5, 0.6) is 0 Å². The summed E-state index contributed by atoms with van der Waals surface area (Å²) < 4.78 is 0. The number of benzene rings is 1. The molecule has 0 aliphatic heterocycles. The molecule has 1 aliphatic carbocycles. The summed E-state index contributed by atoms with van der Waals surface area (Å²) in [6, 6.07) is 8.22. The van der Waals surface area contributed by atoms with Gasteiger partial charge in [-0.3, -0.25) is 4.79 Å². The zero-order chi connectivity index (χ0) is 14.5.